The van der Waals surface area contributed by atoms with Crippen molar-refractivity contribution in [2.45, 2.75) is 32.6 Å². The molecule has 1 saturated heterocycles. The zero-order valence-corrected chi connectivity index (χ0v) is 12.7. The number of esters is 2. The number of ether oxygens (including phenoxy) is 2. The molecule has 0 bridgehead atoms. The van der Waals surface area contributed by atoms with Gasteiger partial charge in [0.1, 0.15) is 5.52 Å². The lowest BCUT2D eigenvalue weighted by atomic mass is 10.0. The average molecular weight is 325 g/mol. The van der Waals surface area contributed by atoms with E-state index in [0.717, 1.165) is 0 Å². The van der Waals surface area contributed by atoms with Crippen LogP contribution in [0.2, 0.25) is 5.28 Å². The number of hydrogen-bond acceptors (Lipinski definition) is 7. The Morgan fingerprint density at radius 3 is 2.64 bits per heavy atom. The van der Waals surface area contributed by atoms with Crippen LogP contribution >= 0.6 is 11.6 Å². The van der Waals surface area contributed by atoms with Crippen molar-refractivity contribution in [2.75, 3.05) is 0 Å². The summed E-state index contributed by atoms with van der Waals surface area (Å²) in [6, 6.07) is 0. The van der Waals surface area contributed by atoms with E-state index in [1.54, 1.807) is 10.9 Å². The third kappa shape index (κ3) is 2.74. The number of fused-ring (bicyclic) bond motifs is 1. The fourth-order valence-corrected chi connectivity index (χ4v) is 2.37. The standard InChI is InChI=1S/C13H13ClN4O4/c1-13(2)21-10(19)7(11(20)22-13)3-4-18-6-16-8-5-15-12(14)17-9(8)18/h5-7H,3-4H2,1-2H3. The van der Waals surface area contributed by atoms with Gasteiger partial charge >= 0.3 is 11.9 Å². The molecule has 2 aromatic rings. The summed E-state index contributed by atoms with van der Waals surface area (Å²) in [5.74, 6) is -3.34. The third-order valence-corrected chi connectivity index (χ3v) is 3.43. The smallest absolute Gasteiger partial charge is 0.323 e. The molecule has 0 radical (unpaired) electrons. The number of imidazole rings is 1. The molecule has 0 spiro atoms. The molecule has 0 aromatic carbocycles. The average Bonchev–Trinajstić information content (AvgIpc) is 2.79. The monoisotopic (exact) mass is 324 g/mol. The molecule has 3 heterocycles. The summed E-state index contributed by atoms with van der Waals surface area (Å²) in [5.41, 5.74) is 1.12. The SMILES string of the molecule is CC1(C)OC(=O)C(CCn2cnc3cnc(Cl)nc32)C(=O)O1. The summed E-state index contributed by atoms with van der Waals surface area (Å²) in [7, 11) is 0. The first-order valence-corrected chi connectivity index (χ1v) is 7.02. The zero-order valence-electron chi connectivity index (χ0n) is 11.9. The van der Waals surface area contributed by atoms with E-state index in [1.807, 2.05) is 0 Å². The fraction of sp³-hybridized carbons (Fsp3) is 0.462. The van der Waals surface area contributed by atoms with Crippen molar-refractivity contribution in [3.63, 3.8) is 0 Å². The van der Waals surface area contributed by atoms with Crippen LogP contribution in [-0.4, -0.2) is 37.2 Å². The molecule has 0 aliphatic carbocycles. The Morgan fingerprint density at radius 2 is 1.95 bits per heavy atom. The molecular formula is C13H13ClN4O4. The van der Waals surface area contributed by atoms with Crippen LogP contribution in [0, 0.1) is 5.92 Å². The molecule has 1 fully saturated rings. The highest BCUT2D eigenvalue weighted by Crippen LogP contribution is 2.25. The van der Waals surface area contributed by atoms with Crippen molar-refractivity contribution in [1.82, 2.24) is 19.5 Å². The van der Waals surface area contributed by atoms with E-state index in [1.165, 1.54) is 20.0 Å². The van der Waals surface area contributed by atoms with Crippen LogP contribution < -0.4 is 0 Å². The van der Waals surface area contributed by atoms with Gasteiger partial charge in [-0.3, -0.25) is 9.59 Å². The highest BCUT2D eigenvalue weighted by atomic mass is 35.5. The van der Waals surface area contributed by atoms with Gasteiger partial charge in [0.2, 0.25) is 5.28 Å². The minimum atomic E-state index is -1.22. The zero-order chi connectivity index (χ0) is 15.9. The van der Waals surface area contributed by atoms with Crippen LogP contribution in [0.1, 0.15) is 20.3 Å². The molecule has 116 valence electrons. The Balaban J connectivity index is 1.75. The first kappa shape index (κ1) is 14.7. The second-order valence-corrected chi connectivity index (χ2v) is 5.71. The Morgan fingerprint density at radius 1 is 1.27 bits per heavy atom. The van der Waals surface area contributed by atoms with Crippen molar-refractivity contribution in [1.29, 1.82) is 0 Å². The van der Waals surface area contributed by atoms with E-state index in [2.05, 4.69) is 15.0 Å². The molecule has 3 rings (SSSR count). The number of hydrogen-bond donors (Lipinski definition) is 0. The first-order chi connectivity index (χ1) is 10.4. The van der Waals surface area contributed by atoms with Crippen molar-refractivity contribution in [3.05, 3.63) is 17.8 Å². The number of aromatic nitrogens is 4. The van der Waals surface area contributed by atoms with Gasteiger partial charge in [-0.1, -0.05) is 0 Å². The van der Waals surface area contributed by atoms with Crippen LogP contribution in [-0.2, 0) is 25.6 Å². The van der Waals surface area contributed by atoms with Gasteiger partial charge in [0, 0.05) is 20.4 Å². The second kappa shape index (κ2) is 5.20. The summed E-state index contributed by atoms with van der Waals surface area (Å²) in [6.07, 6.45) is 3.28. The Labute approximate surface area is 130 Å². The molecule has 1 aliphatic heterocycles. The summed E-state index contributed by atoms with van der Waals surface area (Å²) in [6.45, 7) is 3.38. The molecule has 8 nitrogen and oxygen atoms in total. The Bertz CT molecular complexity index is 738. The highest BCUT2D eigenvalue weighted by Gasteiger charge is 2.42. The van der Waals surface area contributed by atoms with Gasteiger partial charge in [0.05, 0.1) is 12.5 Å². The van der Waals surface area contributed by atoms with Crippen LogP contribution in [0.25, 0.3) is 11.2 Å². The number of carbonyl (C=O) groups excluding carboxylic acids is 2. The van der Waals surface area contributed by atoms with Gasteiger partial charge in [-0.2, -0.15) is 4.98 Å². The first-order valence-electron chi connectivity index (χ1n) is 6.65. The molecule has 22 heavy (non-hydrogen) atoms. The van der Waals surface area contributed by atoms with Gasteiger partial charge in [-0.15, -0.1) is 0 Å². The lowest BCUT2D eigenvalue weighted by molar-refractivity contribution is -0.240. The van der Waals surface area contributed by atoms with E-state index in [0.29, 0.717) is 17.7 Å². The molecule has 0 amide bonds. The molecule has 1 aliphatic rings. The lowest BCUT2D eigenvalue weighted by Crippen LogP contribution is -2.46. The Hall–Kier alpha value is -2.22. The molecule has 0 unspecified atom stereocenters. The fourth-order valence-electron chi connectivity index (χ4n) is 2.25. The van der Waals surface area contributed by atoms with Crippen LogP contribution in [0.15, 0.2) is 12.5 Å². The van der Waals surface area contributed by atoms with Gasteiger partial charge in [-0.05, 0) is 18.0 Å². The molecule has 2 aromatic heterocycles. The van der Waals surface area contributed by atoms with Crippen molar-refractivity contribution < 1.29 is 19.1 Å². The predicted octanol–water partition coefficient (Wildman–Crippen LogP) is 1.32. The van der Waals surface area contributed by atoms with E-state index < -0.39 is 23.6 Å². The maximum atomic E-state index is 11.9. The van der Waals surface area contributed by atoms with E-state index in [4.69, 9.17) is 21.1 Å². The minimum Gasteiger partial charge on any atom is -0.422 e. The lowest BCUT2D eigenvalue weighted by Gasteiger charge is -2.32. The van der Waals surface area contributed by atoms with Gasteiger partial charge < -0.3 is 14.0 Å². The van der Waals surface area contributed by atoms with Crippen molar-refractivity contribution >= 4 is 34.7 Å². The topological polar surface area (TPSA) is 96.2 Å². The van der Waals surface area contributed by atoms with Crippen LogP contribution in [0.4, 0.5) is 0 Å². The van der Waals surface area contributed by atoms with E-state index in [9.17, 15) is 9.59 Å². The molecule has 0 atom stereocenters. The van der Waals surface area contributed by atoms with E-state index in [-0.39, 0.29) is 11.7 Å². The normalized spacial score (nSPS) is 18.3. The number of cyclic esters (lactones) is 2. The summed E-state index contributed by atoms with van der Waals surface area (Å²) in [5, 5.41) is 0.104. The molecule has 9 heteroatoms. The van der Waals surface area contributed by atoms with Gasteiger partial charge in [0.15, 0.2) is 11.6 Å². The number of nitrogens with zero attached hydrogens (tertiary/aromatic N) is 4. The maximum Gasteiger partial charge on any atom is 0.323 e. The predicted molar refractivity (Wildman–Crippen MR) is 74.7 cm³/mol. The number of carbonyl (C=O) groups is 2. The third-order valence-electron chi connectivity index (χ3n) is 3.25. The van der Waals surface area contributed by atoms with Crippen molar-refractivity contribution in [3.8, 4) is 0 Å². The van der Waals surface area contributed by atoms with Crippen LogP contribution in [0.3, 0.4) is 0 Å². The number of halogens is 1. The van der Waals surface area contributed by atoms with Crippen LogP contribution in [0.5, 0.6) is 0 Å². The van der Waals surface area contributed by atoms with Crippen molar-refractivity contribution in [2.24, 2.45) is 5.92 Å². The largest absolute Gasteiger partial charge is 0.422 e. The van der Waals surface area contributed by atoms with Gasteiger partial charge in [0.25, 0.3) is 5.79 Å². The second-order valence-electron chi connectivity index (χ2n) is 5.37. The number of aryl methyl sites for hydroxylation is 1. The number of rotatable bonds is 3. The highest BCUT2D eigenvalue weighted by molar-refractivity contribution is 6.28. The molecular weight excluding hydrogens is 312 g/mol. The Kier molecular flexibility index (Phi) is 3.48. The maximum absolute atomic E-state index is 11.9. The van der Waals surface area contributed by atoms with E-state index >= 15 is 0 Å². The molecule has 0 N–H and O–H groups in total. The van der Waals surface area contributed by atoms with Gasteiger partial charge in [-0.25, -0.2) is 9.97 Å². The quantitative estimate of drug-likeness (QED) is 0.477. The minimum absolute atomic E-state index is 0.104. The molecule has 0 saturated carbocycles. The summed E-state index contributed by atoms with van der Waals surface area (Å²) >= 11 is 5.76. The summed E-state index contributed by atoms with van der Waals surface area (Å²) in [4.78, 5) is 35.9. The summed E-state index contributed by atoms with van der Waals surface area (Å²) < 4.78 is 11.9.